The van der Waals surface area contributed by atoms with E-state index in [2.05, 4.69) is 10.5 Å². The number of hydrogen-bond acceptors (Lipinski definition) is 5. The van der Waals surface area contributed by atoms with Crippen molar-refractivity contribution in [1.82, 2.24) is 5.32 Å². The summed E-state index contributed by atoms with van der Waals surface area (Å²) in [5, 5.41) is 14.2. The van der Waals surface area contributed by atoms with Gasteiger partial charge >= 0.3 is 0 Å². The molecule has 0 unspecified atom stereocenters. The summed E-state index contributed by atoms with van der Waals surface area (Å²) in [4.78, 5) is 11.8. The van der Waals surface area contributed by atoms with Crippen LogP contribution in [0.3, 0.4) is 0 Å². The largest absolute Gasteiger partial charge is 0.409 e. The summed E-state index contributed by atoms with van der Waals surface area (Å²) in [5.41, 5.74) is 4.69. The lowest BCUT2D eigenvalue weighted by atomic mass is 10.1. The van der Waals surface area contributed by atoms with Gasteiger partial charge in [-0.1, -0.05) is 5.16 Å². The Labute approximate surface area is 99.9 Å². The molecule has 7 heteroatoms. The molecule has 1 aliphatic rings. The average Bonchev–Trinajstić information content (AvgIpc) is 3.13. The highest BCUT2D eigenvalue weighted by Gasteiger charge is 2.54. The summed E-state index contributed by atoms with van der Waals surface area (Å²) < 4.78 is 10.0. The van der Waals surface area contributed by atoms with Crippen molar-refractivity contribution in [2.45, 2.75) is 12.8 Å². The van der Waals surface area contributed by atoms with Crippen LogP contribution in [0.4, 0.5) is 0 Å². The zero-order chi connectivity index (χ0) is 12.7. The van der Waals surface area contributed by atoms with Gasteiger partial charge in [0.05, 0.1) is 19.8 Å². The van der Waals surface area contributed by atoms with Crippen LogP contribution in [-0.2, 0) is 14.3 Å². The zero-order valence-electron chi connectivity index (χ0n) is 9.94. The molecule has 0 aromatic carbocycles. The summed E-state index contributed by atoms with van der Waals surface area (Å²) in [6.45, 7) is 1.85. The molecule has 1 aliphatic carbocycles. The molecule has 1 saturated carbocycles. The minimum atomic E-state index is -0.790. The van der Waals surface area contributed by atoms with Gasteiger partial charge in [-0.15, -0.1) is 0 Å². The molecule has 0 aromatic rings. The lowest BCUT2D eigenvalue weighted by Crippen LogP contribution is -2.41. The van der Waals surface area contributed by atoms with Gasteiger partial charge in [0.25, 0.3) is 0 Å². The van der Waals surface area contributed by atoms with Crippen molar-refractivity contribution in [3.05, 3.63) is 0 Å². The second-order valence-electron chi connectivity index (χ2n) is 3.93. The third kappa shape index (κ3) is 3.57. The Bertz CT molecular complexity index is 289. The van der Waals surface area contributed by atoms with Crippen LogP contribution in [0, 0.1) is 5.41 Å². The van der Waals surface area contributed by atoms with Gasteiger partial charge < -0.3 is 25.7 Å². The standard InChI is InChI=1S/C10H19N3O4/c1-16-6-7-17-5-4-12-9(14)10(2-3-10)8(11)13-15/h15H,2-7H2,1H3,(H2,11,13)(H,12,14). The van der Waals surface area contributed by atoms with Crippen LogP contribution in [-0.4, -0.2) is 50.4 Å². The summed E-state index contributed by atoms with van der Waals surface area (Å²) >= 11 is 0. The maximum Gasteiger partial charge on any atom is 0.234 e. The van der Waals surface area contributed by atoms with Gasteiger partial charge in [-0.05, 0) is 12.8 Å². The zero-order valence-corrected chi connectivity index (χ0v) is 9.94. The molecule has 0 heterocycles. The number of carbonyl (C=O) groups excluding carboxylic acids is 1. The first-order valence-electron chi connectivity index (χ1n) is 5.50. The van der Waals surface area contributed by atoms with Crippen LogP contribution in [0.15, 0.2) is 5.16 Å². The molecule has 1 rings (SSSR count). The highest BCUT2D eigenvalue weighted by Crippen LogP contribution is 2.45. The number of nitrogens with one attached hydrogen (secondary N) is 1. The normalized spacial score (nSPS) is 17.8. The molecule has 0 bridgehead atoms. The molecular weight excluding hydrogens is 226 g/mol. The van der Waals surface area contributed by atoms with Crippen LogP contribution in [0.25, 0.3) is 0 Å². The molecule has 0 atom stereocenters. The van der Waals surface area contributed by atoms with E-state index in [0.29, 0.717) is 39.2 Å². The highest BCUT2D eigenvalue weighted by molar-refractivity contribution is 6.09. The second kappa shape index (κ2) is 6.41. The monoisotopic (exact) mass is 245 g/mol. The number of rotatable bonds is 8. The van der Waals surface area contributed by atoms with Crippen molar-refractivity contribution in [2.75, 3.05) is 33.5 Å². The Balaban J connectivity index is 2.18. The van der Waals surface area contributed by atoms with Crippen LogP contribution in [0.5, 0.6) is 0 Å². The van der Waals surface area contributed by atoms with Crippen molar-refractivity contribution in [2.24, 2.45) is 16.3 Å². The molecule has 0 saturated heterocycles. The van der Waals surface area contributed by atoms with Crippen molar-refractivity contribution in [3.63, 3.8) is 0 Å². The Hall–Kier alpha value is -1.34. The van der Waals surface area contributed by atoms with Gasteiger partial charge in [-0.25, -0.2) is 0 Å². The van der Waals surface area contributed by atoms with E-state index in [9.17, 15) is 4.79 Å². The van der Waals surface area contributed by atoms with Gasteiger partial charge in [-0.2, -0.15) is 0 Å². The lowest BCUT2D eigenvalue weighted by molar-refractivity contribution is -0.124. The molecule has 4 N–H and O–H groups in total. The van der Waals surface area contributed by atoms with Crippen LogP contribution in [0.1, 0.15) is 12.8 Å². The number of amidine groups is 1. The van der Waals surface area contributed by atoms with Gasteiger partial charge in [0, 0.05) is 13.7 Å². The number of ether oxygens (including phenoxy) is 2. The number of oxime groups is 1. The van der Waals surface area contributed by atoms with Crippen LogP contribution >= 0.6 is 0 Å². The number of nitrogens with two attached hydrogens (primary N) is 1. The summed E-state index contributed by atoms with van der Waals surface area (Å²) in [5.74, 6) is -0.224. The van der Waals surface area contributed by atoms with Crippen LogP contribution in [0.2, 0.25) is 0 Å². The summed E-state index contributed by atoms with van der Waals surface area (Å²) in [6, 6.07) is 0. The molecule has 98 valence electrons. The summed E-state index contributed by atoms with van der Waals surface area (Å²) in [7, 11) is 1.60. The maximum atomic E-state index is 11.8. The second-order valence-corrected chi connectivity index (χ2v) is 3.93. The fraction of sp³-hybridized carbons (Fsp3) is 0.800. The molecule has 0 radical (unpaired) electrons. The Morgan fingerprint density at radius 3 is 2.71 bits per heavy atom. The van der Waals surface area contributed by atoms with Crippen molar-refractivity contribution < 1.29 is 19.5 Å². The minimum absolute atomic E-state index is 0.0182. The van der Waals surface area contributed by atoms with E-state index in [1.54, 1.807) is 7.11 Å². The van der Waals surface area contributed by atoms with E-state index in [1.807, 2.05) is 0 Å². The maximum absolute atomic E-state index is 11.8. The van der Waals surface area contributed by atoms with E-state index in [0.717, 1.165) is 0 Å². The molecule has 1 fully saturated rings. The quantitative estimate of drug-likeness (QED) is 0.172. The number of amides is 1. The Morgan fingerprint density at radius 1 is 1.47 bits per heavy atom. The van der Waals surface area contributed by atoms with E-state index >= 15 is 0 Å². The van der Waals surface area contributed by atoms with Crippen molar-refractivity contribution >= 4 is 11.7 Å². The Morgan fingerprint density at radius 2 is 2.18 bits per heavy atom. The number of nitrogens with zero attached hydrogens (tertiary/aromatic N) is 1. The predicted octanol–water partition coefficient (Wildman–Crippen LogP) is -0.708. The van der Waals surface area contributed by atoms with Gasteiger partial charge in [0.15, 0.2) is 5.84 Å². The molecule has 0 aliphatic heterocycles. The number of methoxy groups -OCH3 is 1. The average molecular weight is 245 g/mol. The van der Waals surface area contributed by atoms with Crippen molar-refractivity contribution in [3.8, 4) is 0 Å². The molecule has 17 heavy (non-hydrogen) atoms. The summed E-state index contributed by atoms with van der Waals surface area (Å²) in [6.07, 6.45) is 1.25. The lowest BCUT2D eigenvalue weighted by Gasteiger charge is -2.13. The topological polar surface area (TPSA) is 106 Å². The van der Waals surface area contributed by atoms with Gasteiger partial charge in [0.1, 0.15) is 5.41 Å². The van der Waals surface area contributed by atoms with Crippen LogP contribution < -0.4 is 11.1 Å². The first kappa shape index (κ1) is 13.7. The third-order valence-electron chi connectivity index (χ3n) is 2.75. The van der Waals surface area contributed by atoms with Gasteiger partial charge in [0.2, 0.25) is 5.91 Å². The van der Waals surface area contributed by atoms with Crippen molar-refractivity contribution in [1.29, 1.82) is 0 Å². The highest BCUT2D eigenvalue weighted by atomic mass is 16.5. The molecule has 0 aromatic heterocycles. The number of carbonyl (C=O) groups is 1. The SMILES string of the molecule is COCCOCCNC(=O)C1(C(N)=NO)CC1. The fourth-order valence-electron chi connectivity index (χ4n) is 1.47. The van der Waals surface area contributed by atoms with E-state index in [4.69, 9.17) is 20.4 Å². The third-order valence-corrected chi connectivity index (χ3v) is 2.75. The predicted molar refractivity (Wildman–Crippen MR) is 60.8 cm³/mol. The fourth-order valence-corrected chi connectivity index (χ4v) is 1.47. The molecule has 7 nitrogen and oxygen atoms in total. The molecule has 0 spiro atoms. The van der Waals surface area contributed by atoms with E-state index in [-0.39, 0.29) is 11.7 Å². The Kier molecular flexibility index (Phi) is 5.17. The van der Waals surface area contributed by atoms with E-state index < -0.39 is 5.41 Å². The first-order chi connectivity index (χ1) is 8.17. The van der Waals surface area contributed by atoms with E-state index in [1.165, 1.54) is 0 Å². The molecular formula is C10H19N3O4. The number of hydrogen-bond donors (Lipinski definition) is 3. The smallest absolute Gasteiger partial charge is 0.234 e. The van der Waals surface area contributed by atoms with Gasteiger partial charge in [-0.3, -0.25) is 4.79 Å². The minimum Gasteiger partial charge on any atom is -0.409 e. The molecule has 1 amide bonds. The first-order valence-corrected chi connectivity index (χ1v) is 5.50.